The highest BCUT2D eigenvalue weighted by Gasteiger charge is 2.15. The summed E-state index contributed by atoms with van der Waals surface area (Å²) >= 11 is 8.04. The minimum absolute atomic E-state index is 0.0368. The van der Waals surface area contributed by atoms with E-state index in [9.17, 15) is 4.39 Å². The van der Waals surface area contributed by atoms with Crippen molar-refractivity contribution < 1.29 is 4.39 Å². The molecule has 0 heterocycles. The molecule has 94 valence electrons. The molecule has 0 bridgehead atoms. The van der Waals surface area contributed by atoms with Gasteiger partial charge in [0.25, 0.3) is 0 Å². The lowest BCUT2D eigenvalue weighted by Gasteiger charge is -2.19. The van der Waals surface area contributed by atoms with Crippen LogP contribution in [0.15, 0.2) is 42.5 Å². The molecule has 0 aliphatic heterocycles. The summed E-state index contributed by atoms with van der Waals surface area (Å²) in [5, 5.41) is 3.95. The molecule has 4 heteroatoms. The Kier molecular flexibility index (Phi) is 4.59. The highest BCUT2D eigenvalue weighted by atomic mass is 127. The second-order valence-electron chi connectivity index (χ2n) is 3.94. The topological polar surface area (TPSA) is 12.0 Å². The average Bonchev–Trinajstić information content (AvgIpc) is 2.35. The van der Waals surface area contributed by atoms with E-state index in [0.717, 1.165) is 14.7 Å². The van der Waals surface area contributed by atoms with Crippen molar-refractivity contribution in [3.63, 3.8) is 0 Å². The predicted molar refractivity (Wildman–Crippen MR) is 81.5 cm³/mol. The van der Waals surface area contributed by atoms with Crippen LogP contribution in [-0.2, 0) is 0 Å². The smallest absolute Gasteiger partial charge is 0.124 e. The lowest BCUT2D eigenvalue weighted by Crippen LogP contribution is -2.18. The van der Waals surface area contributed by atoms with Crippen LogP contribution in [0.3, 0.4) is 0 Å². The summed E-state index contributed by atoms with van der Waals surface area (Å²) in [7, 11) is 1.89. The normalized spacial score (nSPS) is 12.4. The van der Waals surface area contributed by atoms with Gasteiger partial charge < -0.3 is 5.32 Å². The van der Waals surface area contributed by atoms with E-state index in [0.29, 0.717) is 5.02 Å². The number of hydrogen-bond donors (Lipinski definition) is 1. The van der Waals surface area contributed by atoms with Gasteiger partial charge in [0.05, 0.1) is 6.04 Å². The fraction of sp³-hybridized carbons (Fsp3) is 0.143. The van der Waals surface area contributed by atoms with Crippen LogP contribution in [0.2, 0.25) is 5.02 Å². The molecule has 0 saturated heterocycles. The molecule has 2 rings (SSSR count). The van der Waals surface area contributed by atoms with Gasteiger partial charge in [0.15, 0.2) is 0 Å². The maximum atomic E-state index is 13.1. The van der Waals surface area contributed by atoms with Crippen LogP contribution in [0.25, 0.3) is 0 Å². The molecule has 1 atom stereocenters. The molecule has 0 spiro atoms. The Morgan fingerprint density at radius 2 is 1.83 bits per heavy atom. The highest BCUT2D eigenvalue weighted by molar-refractivity contribution is 14.1. The Bertz CT molecular complexity index is 542. The van der Waals surface area contributed by atoms with Crippen LogP contribution in [0.4, 0.5) is 4.39 Å². The van der Waals surface area contributed by atoms with Gasteiger partial charge in [0, 0.05) is 8.59 Å². The summed E-state index contributed by atoms with van der Waals surface area (Å²) in [6, 6.07) is 12.5. The van der Waals surface area contributed by atoms with Gasteiger partial charge in [-0.15, -0.1) is 0 Å². The number of nitrogens with one attached hydrogen (secondary N) is 1. The van der Waals surface area contributed by atoms with Crippen LogP contribution in [0.5, 0.6) is 0 Å². The van der Waals surface area contributed by atoms with Crippen molar-refractivity contribution in [1.82, 2.24) is 5.32 Å². The molecular formula is C14H12ClFIN. The standard InChI is InChI=1S/C14H12ClFIN/c1-18-14(9-2-4-10(15)5-3-9)12-7-6-11(16)8-13(12)17/h2-8,14,18H,1H3. The van der Waals surface area contributed by atoms with Gasteiger partial charge in [0.1, 0.15) is 5.82 Å². The molecule has 0 amide bonds. The van der Waals surface area contributed by atoms with Crippen LogP contribution in [-0.4, -0.2) is 7.05 Å². The largest absolute Gasteiger partial charge is 0.309 e. The number of halogens is 3. The zero-order chi connectivity index (χ0) is 13.1. The zero-order valence-corrected chi connectivity index (χ0v) is 12.7. The van der Waals surface area contributed by atoms with Crippen molar-refractivity contribution in [3.8, 4) is 0 Å². The van der Waals surface area contributed by atoms with E-state index in [1.54, 1.807) is 0 Å². The number of rotatable bonds is 3. The summed E-state index contributed by atoms with van der Waals surface area (Å²) in [5.41, 5.74) is 2.16. The summed E-state index contributed by atoms with van der Waals surface area (Å²) in [6.45, 7) is 0. The zero-order valence-electron chi connectivity index (χ0n) is 9.75. The Morgan fingerprint density at radius 3 is 2.39 bits per heavy atom. The molecule has 1 unspecified atom stereocenters. The molecule has 1 N–H and O–H groups in total. The van der Waals surface area contributed by atoms with Gasteiger partial charge in [-0.1, -0.05) is 29.8 Å². The van der Waals surface area contributed by atoms with Gasteiger partial charge in [-0.2, -0.15) is 0 Å². The quantitative estimate of drug-likeness (QED) is 0.785. The molecule has 0 aromatic heterocycles. The van der Waals surface area contributed by atoms with Crippen LogP contribution < -0.4 is 5.32 Å². The summed E-state index contributed by atoms with van der Waals surface area (Å²) < 4.78 is 14.0. The van der Waals surface area contributed by atoms with E-state index in [1.807, 2.05) is 37.4 Å². The SMILES string of the molecule is CNC(c1ccc(Cl)cc1)c1ccc(F)cc1I. The summed E-state index contributed by atoms with van der Waals surface area (Å²) in [4.78, 5) is 0. The predicted octanol–water partition coefficient (Wildman–Crippen LogP) is 4.39. The third-order valence-electron chi connectivity index (χ3n) is 2.77. The van der Waals surface area contributed by atoms with Crippen molar-refractivity contribution in [2.75, 3.05) is 7.05 Å². The van der Waals surface area contributed by atoms with Gasteiger partial charge in [-0.25, -0.2) is 4.39 Å². The van der Waals surface area contributed by atoms with Crippen molar-refractivity contribution >= 4 is 34.2 Å². The van der Waals surface area contributed by atoms with Crippen LogP contribution in [0.1, 0.15) is 17.2 Å². The first-order valence-electron chi connectivity index (χ1n) is 5.49. The van der Waals surface area contributed by atoms with Crippen molar-refractivity contribution in [2.45, 2.75) is 6.04 Å². The minimum Gasteiger partial charge on any atom is -0.309 e. The van der Waals surface area contributed by atoms with E-state index in [4.69, 9.17) is 11.6 Å². The molecule has 0 fully saturated rings. The minimum atomic E-state index is -0.214. The van der Waals surface area contributed by atoms with Crippen LogP contribution >= 0.6 is 34.2 Å². The second-order valence-corrected chi connectivity index (χ2v) is 5.54. The lowest BCUT2D eigenvalue weighted by atomic mass is 9.99. The Labute approximate surface area is 124 Å². The number of benzene rings is 2. The van der Waals surface area contributed by atoms with Crippen LogP contribution in [0, 0.1) is 9.39 Å². The fourth-order valence-electron chi connectivity index (χ4n) is 1.89. The molecule has 1 nitrogen and oxygen atoms in total. The highest BCUT2D eigenvalue weighted by Crippen LogP contribution is 2.27. The lowest BCUT2D eigenvalue weighted by molar-refractivity contribution is 0.621. The first-order valence-corrected chi connectivity index (χ1v) is 6.95. The van der Waals surface area contributed by atoms with Gasteiger partial charge >= 0.3 is 0 Å². The van der Waals surface area contributed by atoms with E-state index < -0.39 is 0 Å². The van der Waals surface area contributed by atoms with Gasteiger partial charge in [-0.05, 0) is 65.0 Å². The molecule has 2 aromatic rings. The van der Waals surface area contributed by atoms with Gasteiger partial charge in [-0.3, -0.25) is 0 Å². The average molecular weight is 376 g/mol. The fourth-order valence-corrected chi connectivity index (χ4v) is 2.81. The third-order valence-corrected chi connectivity index (χ3v) is 3.95. The first kappa shape index (κ1) is 13.8. The molecule has 0 saturated carbocycles. The Hall–Kier alpha value is -0.650. The third kappa shape index (κ3) is 3.02. The van der Waals surface area contributed by atoms with E-state index >= 15 is 0 Å². The maximum Gasteiger partial charge on any atom is 0.124 e. The monoisotopic (exact) mass is 375 g/mol. The first-order chi connectivity index (χ1) is 8.61. The van der Waals surface area contributed by atoms with E-state index in [-0.39, 0.29) is 11.9 Å². The molecule has 18 heavy (non-hydrogen) atoms. The number of hydrogen-bond acceptors (Lipinski definition) is 1. The molecule has 0 aliphatic rings. The maximum absolute atomic E-state index is 13.1. The Balaban J connectivity index is 2.41. The summed E-state index contributed by atoms with van der Waals surface area (Å²) in [5.74, 6) is -0.214. The van der Waals surface area contributed by atoms with Crippen molar-refractivity contribution in [2.24, 2.45) is 0 Å². The van der Waals surface area contributed by atoms with Crippen molar-refractivity contribution in [3.05, 3.63) is 68.0 Å². The molecule has 0 radical (unpaired) electrons. The molecule has 0 aliphatic carbocycles. The second kappa shape index (κ2) is 5.99. The molecular weight excluding hydrogens is 364 g/mol. The van der Waals surface area contributed by atoms with E-state index in [2.05, 4.69) is 27.9 Å². The van der Waals surface area contributed by atoms with E-state index in [1.165, 1.54) is 12.1 Å². The summed E-state index contributed by atoms with van der Waals surface area (Å²) in [6.07, 6.45) is 0. The Morgan fingerprint density at radius 1 is 1.17 bits per heavy atom. The molecule has 2 aromatic carbocycles. The van der Waals surface area contributed by atoms with Gasteiger partial charge in [0.2, 0.25) is 0 Å². The van der Waals surface area contributed by atoms with Crippen molar-refractivity contribution in [1.29, 1.82) is 0 Å².